The summed E-state index contributed by atoms with van der Waals surface area (Å²) in [4.78, 5) is 4.40. The quantitative estimate of drug-likeness (QED) is 0.632. The predicted octanol–water partition coefficient (Wildman–Crippen LogP) is 1.56. The summed E-state index contributed by atoms with van der Waals surface area (Å²) in [6.45, 7) is 5.28. The lowest BCUT2D eigenvalue weighted by molar-refractivity contribution is 0.354. The monoisotopic (exact) mass is 165 g/mol. The van der Waals surface area contributed by atoms with Gasteiger partial charge in [-0.25, -0.2) is 9.67 Å². The minimum Gasteiger partial charge on any atom is -0.250 e. The number of aryl methyl sites for hydroxylation is 2. The van der Waals surface area contributed by atoms with Crippen molar-refractivity contribution in [1.29, 1.82) is 0 Å². The first-order valence-corrected chi connectivity index (χ1v) is 4.70. The van der Waals surface area contributed by atoms with E-state index in [0.717, 1.165) is 24.7 Å². The minimum absolute atomic E-state index is 0.834. The average Bonchev–Trinajstić information content (AvgIpc) is 2.43. The van der Waals surface area contributed by atoms with Gasteiger partial charge >= 0.3 is 0 Å². The van der Waals surface area contributed by atoms with E-state index in [2.05, 4.69) is 21.7 Å². The molecule has 0 radical (unpaired) electrons. The highest BCUT2D eigenvalue weighted by molar-refractivity contribution is 4.95. The lowest BCUT2D eigenvalue weighted by Crippen LogP contribution is -2.19. The molecule has 0 saturated carbocycles. The van der Waals surface area contributed by atoms with Crippen LogP contribution in [-0.2, 0) is 13.0 Å². The van der Waals surface area contributed by atoms with E-state index in [1.807, 2.05) is 6.92 Å². The van der Waals surface area contributed by atoms with E-state index in [-0.39, 0.29) is 0 Å². The summed E-state index contributed by atoms with van der Waals surface area (Å²) in [5.74, 6) is 2.94. The fourth-order valence-electron chi connectivity index (χ4n) is 1.84. The second kappa shape index (κ2) is 2.88. The van der Waals surface area contributed by atoms with Crippen molar-refractivity contribution in [2.45, 2.75) is 39.7 Å². The summed E-state index contributed by atoms with van der Waals surface area (Å²) in [5.41, 5.74) is 0. The molecule has 0 amide bonds. The van der Waals surface area contributed by atoms with Crippen LogP contribution in [0.2, 0.25) is 0 Å². The Bertz CT molecular complexity index is 277. The first-order valence-electron chi connectivity index (χ1n) is 4.70. The highest BCUT2D eigenvalue weighted by atomic mass is 15.3. The normalized spacial score (nSPS) is 22.3. The number of fused-ring (bicyclic) bond motifs is 1. The van der Waals surface area contributed by atoms with Gasteiger partial charge in [0.05, 0.1) is 0 Å². The molecule has 0 fully saturated rings. The fraction of sp³-hybridized carbons (Fsp3) is 0.778. The molecule has 0 aromatic carbocycles. The molecule has 1 atom stereocenters. The molecule has 0 N–H and O–H groups in total. The molecule has 1 aromatic heterocycles. The van der Waals surface area contributed by atoms with Crippen LogP contribution in [-0.4, -0.2) is 14.8 Å². The van der Waals surface area contributed by atoms with Crippen LogP contribution in [0.4, 0.5) is 0 Å². The van der Waals surface area contributed by atoms with Crippen molar-refractivity contribution in [3.63, 3.8) is 0 Å². The van der Waals surface area contributed by atoms with Crippen LogP contribution in [0.25, 0.3) is 0 Å². The second-order valence-corrected chi connectivity index (χ2v) is 3.57. The van der Waals surface area contributed by atoms with Crippen LogP contribution in [0, 0.1) is 12.8 Å². The zero-order chi connectivity index (χ0) is 8.55. The Morgan fingerprint density at radius 3 is 3.17 bits per heavy atom. The SMILES string of the molecule is CC[C@H]1CCn2nc(C)nc2C1. The standard InChI is InChI=1S/C9H15N3/c1-3-8-4-5-12-9(6-8)10-7(2)11-12/h8H,3-6H2,1-2H3/t8-/m0/s1. The van der Waals surface area contributed by atoms with Crippen LogP contribution in [0.3, 0.4) is 0 Å². The maximum absolute atomic E-state index is 4.40. The van der Waals surface area contributed by atoms with Gasteiger partial charge in [-0.1, -0.05) is 13.3 Å². The van der Waals surface area contributed by atoms with E-state index in [4.69, 9.17) is 0 Å². The smallest absolute Gasteiger partial charge is 0.147 e. The van der Waals surface area contributed by atoms with E-state index >= 15 is 0 Å². The van der Waals surface area contributed by atoms with Crippen LogP contribution in [0.15, 0.2) is 0 Å². The molecule has 3 nitrogen and oxygen atoms in total. The Morgan fingerprint density at radius 2 is 2.42 bits per heavy atom. The topological polar surface area (TPSA) is 30.7 Å². The van der Waals surface area contributed by atoms with Crippen LogP contribution in [0.1, 0.15) is 31.4 Å². The Morgan fingerprint density at radius 1 is 1.58 bits per heavy atom. The molecule has 1 aromatic rings. The first-order chi connectivity index (χ1) is 5.79. The number of rotatable bonds is 1. The van der Waals surface area contributed by atoms with E-state index < -0.39 is 0 Å². The summed E-state index contributed by atoms with van der Waals surface area (Å²) in [6, 6.07) is 0. The number of hydrogen-bond acceptors (Lipinski definition) is 2. The Labute approximate surface area is 72.8 Å². The Balaban J connectivity index is 2.22. The summed E-state index contributed by atoms with van der Waals surface area (Å²) in [6.07, 6.45) is 3.66. The maximum Gasteiger partial charge on any atom is 0.147 e. The summed E-state index contributed by atoms with van der Waals surface area (Å²) >= 11 is 0. The fourth-order valence-corrected chi connectivity index (χ4v) is 1.84. The van der Waals surface area contributed by atoms with Crippen molar-refractivity contribution in [2.75, 3.05) is 0 Å². The molecule has 0 aliphatic carbocycles. The molecule has 3 heteroatoms. The van der Waals surface area contributed by atoms with E-state index in [1.54, 1.807) is 0 Å². The van der Waals surface area contributed by atoms with Crippen LogP contribution >= 0.6 is 0 Å². The lowest BCUT2D eigenvalue weighted by atomic mass is 9.96. The van der Waals surface area contributed by atoms with E-state index in [0.29, 0.717) is 0 Å². The van der Waals surface area contributed by atoms with Gasteiger partial charge in [-0.05, 0) is 19.3 Å². The zero-order valence-electron chi connectivity index (χ0n) is 7.75. The third-order valence-electron chi connectivity index (χ3n) is 2.65. The maximum atomic E-state index is 4.40. The second-order valence-electron chi connectivity index (χ2n) is 3.57. The van der Waals surface area contributed by atoms with Gasteiger partial charge in [0, 0.05) is 13.0 Å². The number of hydrogen-bond donors (Lipinski definition) is 0. The summed E-state index contributed by atoms with van der Waals surface area (Å²) < 4.78 is 2.06. The molecular formula is C9H15N3. The molecule has 2 heterocycles. The molecule has 0 spiro atoms. The van der Waals surface area contributed by atoms with Gasteiger partial charge in [0.15, 0.2) is 0 Å². The van der Waals surface area contributed by atoms with Gasteiger partial charge in [-0.15, -0.1) is 0 Å². The molecule has 12 heavy (non-hydrogen) atoms. The molecule has 1 aliphatic heterocycles. The summed E-state index contributed by atoms with van der Waals surface area (Å²) in [7, 11) is 0. The van der Waals surface area contributed by atoms with Gasteiger partial charge in [0.2, 0.25) is 0 Å². The lowest BCUT2D eigenvalue weighted by Gasteiger charge is -2.20. The first kappa shape index (κ1) is 7.77. The van der Waals surface area contributed by atoms with Gasteiger partial charge in [0.25, 0.3) is 0 Å². The van der Waals surface area contributed by atoms with Gasteiger partial charge in [0.1, 0.15) is 11.6 Å². The molecule has 2 rings (SSSR count). The summed E-state index contributed by atoms with van der Waals surface area (Å²) in [5, 5.41) is 4.33. The third kappa shape index (κ3) is 1.24. The van der Waals surface area contributed by atoms with Gasteiger partial charge < -0.3 is 0 Å². The molecule has 0 unspecified atom stereocenters. The van der Waals surface area contributed by atoms with Crippen molar-refractivity contribution in [3.8, 4) is 0 Å². The van der Waals surface area contributed by atoms with Crippen LogP contribution < -0.4 is 0 Å². The molecule has 0 bridgehead atoms. The number of nitrogens with zero attached hydrogens (tertiary/aromatic N) is 3. The Hall–Kier alpha value is -0.860. The number of aromatic nitrogens is 3. The Kier molecular flexibility index (Phi) is 1.87. The third-order valence-corrected chi connectivity index (χ3v) is 2.65. The van der Waals surface area contributed by atoms with Crippen molar-refractivity contribution in [3.05, 3.63) is 11.6 Å². The highest BCUT2D eigenvalue weighted by Crippen LogP contribution is 2.20. The van der Waals surface area contributed by atoms with E-state index in [1.165, 1.54) is 18.7 Å². The largest absolute Gasteiger partial charge is 0.250 e. The van der Waals surface area contributed by atoms with Crippen molar-refractivity contribution in [2.24, 2.45) is 5.92 Å². The zero-order valence-corrected chi connectivity index (χ0v) is 7.75. The highest BCUT2D eigenvalue weighted by Gasteiger charge is 2.19. The van der Waals surface area contributed by atoms with Gasteiger partial charge in [-0.2, -0.15) is 5.10 Å². The molecule has 0 saturated heterocycles. The van der Waals surface area contributed by atoms with Crippen molar-refractivity contribution >= 4 is 0 Å². The van der Waals surface area contributed by atoms with Gasteiger partial charge in [-0.3, -0.25) is 0 Å². The molecule has 1 aliphatic rings. The minimum atomic E-state index is 0.834. The van der Waals surface area contributed by atoms with Crippen LogP contribution in [0.5, 0.6) is 0 Å². The average molecular weight is 165 g/mol. The molecule has 66 valence electrons. The van der Waals surface area contributed by atoms with Crippen molar-refractivity contribution < 1.29 is 0 Å². The molecular weight excluding hydrogens is 150 g/mol. The van der Waals surface area contributed by atoms with Crippen molar-refractivity contribution in [1.82, 2.24) is 14.8 Å². The predicted molar refractivity (Wildman–Crippen MR) is 46.9 cm³/mol. The van der Waals surface area contributed by atoms with E-state index in [9.17, 15) is 0 Å².